The summed E-state index contributed by atoms with van der Waals surface area (Å²) in [4.78, 5) is 23.7. The molecule has 0 aliphatic heterocycles. The zero-order valence-electron chi connectivity index (χ0n) is 16.1. The highest BCUT2D eigenvalue weighted by atomic mass is 16.3. The van der Waals surface area contributed by atoms with Crippen LogP contribution in [0.25, 0.3) is 11.0 Å². The fraction of sp³-hybridized carbons (Fsp3) is 0.273. The monoisotopic (exact) mass is 364 g/mol. The van der Waals surface area contributed by atoms with Gasteiger partial charge >= 0.3 is 0 Å². The minimum atomic E-state index is -0.153. The van der Waals surface area contributed by atoms with E-state index in [4.69, 9.17) is 4.42 Å². The van der Waals surface area contributed by atoms with Crippen molar-refractivity contribution in [3.63, 3.8) is 0 Å². The summed E-state index contributed by atoms with van der Waals surface area (Å²) in [5, 5.41) is 6.56. The molecule has 2 amide bonds. The van der Waals surface area contributed by atoms with Crippen LogP contribution in [0.5, 0.6) is 0 Å². The van der Waals surface area contributed by atoms with E-state index in [1.807, 2.05) is 6.07 Å². The van der Waals surface area contributed by atoms with Crippen molar-refractivity contribution in [2.24, 2.45) is 0 Å². The van der Waals surface area contributed by atoms with Crippen molar-refractivity contribution < 1.29 is 14.0 Å². The van der Waals surface area contributed by atoms with Crippen LogP contribution in [0.3, 0.4) is 0 Å². The maximum absolute atomic E-state index is 12.5. The number of anilines is 2. The quantitative estimate of drug-likeness (QED) is 0.669. The van der Waals surface area contributed by atoms with Gasteiger partial charge in [0.25, 0.3) is 0 Å². The number of benzene rings is 2. The second-order valence-electron chi connectivity index (χ2n) is 7.11. The Kier molecular flexibility index (Phi) is 5.31. The first-order valence-corrected chi connectivity index (χ1v) is 9.01. The van der Waals surface area contributed by atoms with Gasteiger partial charge < -0.3 is 15.1 Å². The third-order valence-corrected chi connectivity index (χ3v) is 4.48. The standard InChI is InChI=1S/C22H24N2O3/c1-13(2)19-11-20-16(12-27-21(20)8-14(19)3)9-22(26)24-18-7-5-6-17(10-18)23-15(4)25/h5-8,10-13H,9H2,1-4H3,(H,23,25)(H,24,26). The van der Waals surface area contributed by atoms with Gasteiger partial charge in [-0.05, 0) is 54.3 Å². The Labute approximate surface area is 158 Å². The van der Waals surface area contributed by atoms with Crippen LogP contribution in [-0.2, 0) is 16.0 Å². The largest absolute Gasteiger partial charge is 0.464 e. The molecule has 2 aromatic carbocycles. The van der Waals surface area contributed by atoms with Crippen LogP contribution in [0.1, 0.15) is 43.4 Å². The van der Waals surface area contributed by atoms with Gasteiger partial charge in [-0.3, -0.25) is 9.59 Å². The van der Waals surface area contributed by atoms with E-state index in [-0.39, 0.29) is 18.2 Å². The molecular formula is C22H24N2O3. The zero-order chi connectivity index (χ0) is 19.6. The van der Waals surface area contributed by atoms with Crippen molar-refractivity contribution in [3.8, 4) is 0 Å². The highest BCUT2D eigenvalue weighted by Gasteiger charge is 2.14. The maximum atomic E-state index is 12.5. The second kappa shape index (κ2) is 7.66. The molecule has 140 valence electrons. The molecule has 2 N–H and O–H groups in total. The minimum absolute atomic E-state index is 0.135. The molecule has 27 heavy (non-hydrogen) atoms. The average molecular weight is 364 g/mol. The number of hydrogen-bond acceptors (Lipinski definition) is 3. The molecule has 1 aromatic heterocycles. The Morgan fingerprint density at radius 1 is 1.07 bits per heavy atom. The van der Waals surface area contributed by atoms with E-state index in [1.54, 1.807) is 30.5 Å². The molecule has 3 rings (SSSR count). The SMILES string of the molecule is CC(=O)Nc1cccc(NC(=O)Cc2coc3cc(C)c(C(C)C)cc23)c1. The smallest absolute Gasteiger partial charge is 0.228 e. The third kappa shape index (κ3) is 4.37. The summed E-state index contributed by atoms with van der Waals surface area (Å²) >= 11 is 0. The van der Waals surface area contributed by atoms with Crippen LogP contribution in [-0.4, -0.2) is 11.8 Å². The summed E-state index contributed by atoms with van der Waals surface area (Å²) in [6, 6.07) is 11.2. The van der Waals surface area contributed by atoms with E-state index in [2.05, 4.69) is 37.5 Å². The molecule has 0 aliphatic rings. The molecule has 0 fully saturated rings. The summed E-state index contributed by atoms with van der Waals surface area (Å²) in [6.07, 6.45) is 1.87. The van der Waals surface area contributed by atoms with Gasteiger partial charge in [-0.25, -0.2) is 0 Å². The number of furan rings is 1. The first-order valence-electron chi connectivity index (χ1n) is 9.01. The number of carbonyl (C=O) groups is 2. The first-order chi connectivity index (χ1) is 12.8. The van der Waals surface area contributed by atoms with E-state index in [9.17, 15) is 9.59 Å². The Bertz CT molecular complexity index is 1000. The van der Waals surface area contributed by atoms with Crippen LogP contribution in [0.4, 0.5) is 11.4 Å². The van der Waals surface area contributed by atoms with E-state index >= 15 is 0 Å². The fourth-order valence-corrected chi connectivity index (χ4v) is 3.26. The number of fused-ring (bicyclic) bond motifs is 1. The predicted octanol–water partition coefficient (Wildman–Crippen LogP) is 5.00. The first kappa shape index (κ1) is 18.7. The topological polar surface area (TPSA) is 71.3 Å². The van der Waals surface area contributed by atoms with E-state index in [0.29, 0.717) is 17.3 Å². The molecular weight excluding hydrogens is 340 g/mol. The number of amides is 2. The van der Waals surface area contributed by atoms with E-state index in [1.165, 1.54) is 18.1 Å². The van der Waals surface area contributed by atoms with Gasteiger partial charge in [0.2, 0.25) is 11.8 Å². The van der Waals surface area contributed by atoms with Crippen LogP contribution < -0.4 is 10.6 Å². The number of carbonyl (C=O) groups excluding carboxylic acids is 2. The summed E-state index contributed by atoms with van der Waals surface area (Å²) in [5.74, 6) is 0.117. The van der Waals surface area contributed by atoms with E-state index in [0.717, 1.165) is 16.5 Å². The Morgan fingerprint density at radius 3 is 2.44 bits per heavy atom. The maximum Gasteiger partial charge on any atom is 0.228 e. The summed E-state index contributed by atoms with van der Waals surface area (Å²) in [7, 11) is 0. The number of rotatable bonds is 5. The van der Waals surface area contributed by atoms with Crippen LogP contribution in [0.2, 0.25) is 0 Å². The van der Waals surface area contributed by atoms with Gasteiger partial charge in [-0.1, -0.05) is 19.9 Å². The van der Waals surface area contributed by atoms with Crippen molar-refractivity contribution in [1.82, 2.24) is 0 Å². The summed E-state index contributed by atoms with van der Waals surface area (Å²) in [6.45, 7) is 7.83. The van der Waals surface area contributed by atoms with Gasteiger partial charge in [-0.15, -0.1) is 0 Å². The molecule has 0 saturated carbocycles. The molecule has 0 aliphatic carbocycles. The Hall–Kier alpha value is -3.08. The summed E-state index contributed by atoms with van der Waals surface area (Å²) in [5.41, 5.74) is 5.39. The van der Waals surface area contributed by atoms with Gasteiger partial charge in [-0.2, -0.15) is 0 Å². The van der Waals surface area contributed by atoms with Gasteiger partial charge in [0.15, 0.2) is 0 Å². The normalized spacial score (nSPS) is 11.0. The lowest BCUT2D eigenvalue weighted by atomic mass is 9.95. The van der Waals surface area contributed by atoms with Gasteiger partial charge in [0.1, 0.15) is 5.58 Å². The number of hydrogen-bond donors (Lipinski definition) is 2. The molecule has 5 nitrogen and oxygen atoms in total. The van der Waals surface area contributed by atoms with Crippen LogP contribution in [0, 0.1) is 6.92 Å². The minimum Gasteiger partial charge on any atom is -0.464 e. The lowest BCUT2D eigenvalue weighted by Gasteiger charge is -2.10. The van der Waals surface area contributed by atoms with E-state index < -0.39 is 0 Å². The van der Waals surface area contributed by atoms with Gasteiger partial charge in [0, 0.05) is 29.2 Å². The van der Waals surface area contributed by atoms with Crippen molar-refractivity contribution in [1.29, 1.82) is 0 Å². The van der Waals surface area contributed by atoms with Crippen LogP contribution >= 0.6 is 0 Å². The van der Waals surface area contributed by atoms with Crippen molar-refractivity contribution in [2.75, 3.05) is 10.6 Å². The summed E-state index contributed by atoms with van der Waals surface area (Å²) < 4.78 is 5.65. The Morgan fingerprint density at radius 2 is 1.78 bits per heavy atom. The molecule has 1 heterocycles. The Balaban J connectivity index is 1.78. The van der Waals surface area contributed by atoms with Crippen molar-refractivity contribution >= 4 is 34.2 Å². The molecule has 0 saturated heterocycles. The third-order valence-electron chi connectivity index (χ3n) is 4.48. The highest BCUT2D eigenvalue weighted by Crippen LogP contribution is 2.29. The predicted molar refractivity (Wildman–Crippen MR) is 108 cm³/mol. The highest BCUT2D eigenvalue weighted by molar-refractivity contribution is 5.96. The molecule has 5 heteroatoms. The molecule has 0 atom stereocenters. The molecule has 0 spiro atoms. The average Bonchev–Trinajstić information content (AvgIpc) is 2.95. The molecule has 0 unspecified atom stereocenters. The second-order valence-corrected chi connectivity index (χ2v) is 7.11. The van der Waals surface area contributed by atoms with Crippen molar-refractivity contribution in [3.05, 3.63) is 59.4 Å². The van der Waals surface area contributed by atoms with Gasteiger partial charge in [0.05, 0.1) is 12.7 Å². The van der Waals surface area contributed by atoms with Crippen molar-refractivity contribution in [2.45, 2.75) is 40.0 Å². The molecule has 3 aromatic rings. The number of aryl methyl sites for hydroxylation is 1. The van der Waals surface area contributed by atoms with Crippen LogP contribution in [0.15, 0.2) is 47.1 Å². The molecule has 0 bridgehead atoms. The lowest BCUT2D eigenvalue weighted by Crippen LogP contribution is -2.14. The zero-order valence-corrected chi connectivity index (χ0v) is 16.1. The number of nitrogens with one attached hydrogen (secondary N) is 2. The molecule has 0 radical (unpaired) electrons. The lowest BCUT2D eigenvalue weighted by molar-refractivity contribution is -0.115. The fourth-order valence-electron chi connectivity index (χ4n) is 3.26.